The van der Waals surface area contributed by atoms with Crippen molar-refractivity contribution in [2.24, 2.45) is 0 Å². The van der Waals surface area contributed by atoms with Gasteiger partial charge in [0, 0.05) is 24.1 Å². The molecule has 0 unspecified atom stereocenters. The lowest BCUT2D eigenvalue weighted by Gasteiger charge is -2.24. The van der Waals surface area contributed by atoms with Crippen molar-refractivity contribution >= 4 is 17.2 Å². The Morgan fingerprint density at radius 1 is 1.00 bits per heavy atom. The average molecular weight is 401 g/mol. The number of hydrogen-bond acceptors (Lipinski definition) is 6. The van der Waals surface area contributed by atoms with Crippen molar-refractivity contribution < 1.29 is 9.47 Å². The Morgan fingerprint density at radius 3 is 2.63 bits per heavy atom. The van der Waals surface area contributed by atoms with E-state index in [1.165, 1.54) is 0 Å². The first-order valence-corrected chi connectivity index (χ1v) is 10.2. The highest BCUT2D eigenvalue weighted by molar-refractivity contribution is 5.62. The highest BCUT2D eigenvalue weighted by Gasteiger charge is 2.16. The fourth-order valence-corrected chi connectivity index (χ4v) is 3.60. The molecular formula is C23H23N5O2. The summed E-state index contributed by atoms with van der Waals surface area (Å²) < 4.78 is 13.3. The van der Waals surface area contributed by atoms with E-state index in [-0.39, 0.29) is 6.10 Å². The van der Waals surface area contributed by atoms with Gasteiger partial charge in [0.25, 0.3) is 0 Å². The lowest BCUT2D eigenvalue weighted by atomic mass is 10.1. The monoisotopic (exact) mass is 401 g/mol. The van der Waals surface area contributed by atoms with Gasteiger partial charge in [-0.25, -0.2) is 0 Å². The molecule has 1 saturated heterocycles. The van der Waals surface area contributed by atoms with E-state index in [4.69, 9.17) is 9.47 Å². The third kappa shape index (κ3) is 3.84. The van der Waals surface area contributed by atoms with Gasteiger partial charge in [-0.15, -0.1) is 15.3 Å². The van der Waals surface area contributed by atoms with E-state index >= 15 is 0 Å². The van der Waals surface area contributed by atoms with E-state index in [1.807, 2.05) is 54.6 Å². The van der Waals surface area contributed by atoms with Crippen molar-refractivity contribution in [1.29, 1.82) is 0 Å². The Bertz CT molecular complexity index is 1150. The van der Waals surface area contributed by atoms with Crippen LogP contribution in [0.3, 0.4) is 0 Å². The molecule has 1 aliphatic rings. The van der Waals surface area contributed by atoms with E-state index in [0.717, 1.165) is 54.4 Å². The van der Waals surface area contributed by atoms with Crippen LogP contribution in [0.25, 0.3) is 17.0 Å². The Kier molecular flexibility index (Phi) is 5.03. The summed E-state index contributed by atoms with van der Waals surface area (Å²) in [5.74, 6) is 2.35. The third-order valence-electron chi connectivity index (χ3n) is 5.20. The zero-order chi connectivity index (χ0) is 20.3. The van der Waals surface area contributed by atoms with Crippen molar-refractivity contribution in [1.82, 2.24) is 19.8 Å². The van der Waals surface area contributed by atoms with E-state index in [9.17, 15) is 0 Å². The molecule has 7 nitrogen and oxygen atoms in total. The summed E-state index contributed by atoms with van der Waals surface area (Å²) in [7, 11) is 0. The van der Waals surface area contributed by atoms with Gasteiger partial charge in [-0.3, -0.25) is 0 Å². The zero-order valence-corrected chi connectivity index (χ0v) is 16.8. The van der Waals surface area contributed by atoms with Crippen LogP contribution in [0.15, 0.2) is 60.7 Å². The summed E-state index contributed by atoms with van der Waals surface area (Å²) in [4.78, 5) is 0. The van der Waals surface area contributed by atoms with E-state index in [0.29, 0.717) is 11.5 Å². The van der Waals surface area contributed by atoms with E-state index in [2.05, 4.69) is 33.6 Å². The molecule has 2 aromatic carbocycles. The number of hydrogen-bond donors (Lipinski definition) is 1. The number of aryl methyl sites for hydroxylation is 1. The number of anilines is 2. The van der Waals surface area contributed by atoms with Crippen LogP contribution in [0, 0.1) is 6.92 Å². The Morgan fingerprint density at radius 2 is 1.83 bits per heavy atom. The summed E-state index contributed by atoms with van der Waals surface area (Å²) in [6.07, 6.45) is 2.10. The summed E-state index contributed by atoms with van der Waals surface area (Å²) in [5, 5.41) is 16.6. The Labute approximate surface area is 174 Å². The number of ether oxygens (including phenoxy) is 2. The second-order valence-electron chi connectivity index (χ2n) is 7.41. The van der Waals surface area contributed by atoms with Gasteiger partial charge in [0.15, 0.2) is 17.3 Å². The minimum Gasteiger partial charge on any atom is -0.490 e. The molecule has 0 saturated carbocycles. The molecule has 0 atom stereocenters. The standard InChI is InChI=1S/C23H23N5O2/c1-16-15-18(7-8-20(16)30-19-11-13-29-14-12-19)24-21-9-10-22-25-26-23(28(22)27-21)17-5-3-2-4-6-17/h2-10,15,19H,11-14H2,1H3,(H,24,27). The number of rotatable bonds is 5. The Balaban J connectivity index is 1.37. The first kappa shape index (κ1) is 18.6. The highest BCUT2D eigenvalue weighted by atomic mass is 16.5. The van der Waals surface area contributed by atoms with Crippen LogP contribution < -0.4 is 10.1 Å². The molecule has 152 valence electrons. The maximum atomic E-state index is 6.16. The molecule has 4 aromatic rings. The molecular weight excluding hydrogens is 378 g/mol. The zero-order valence-electron chi connectivity index (χ0n) is 16.8. The van der Waals surface area contributed by atoms with Gasteiger partial charge in [0.1, 0.15) is 11.9 Å². The van der Waals surface area contributed by atoms with Crippen LogP contribution in [0.5, 0.6) is 5.75 Å². The fraction of sp³-hybridized carbons (Fsp3) is 0.261. The van der Waals surface area contributed by atoms with Gasteiger partial charge >= 0.3 is 0 Å². The molecule has 0 spiro atoms. The molecule has 7 heteroatoms. The largest absolute Gasteiger partial charge is 0.490 e. The topological polar surface area (TPSA) is 73.6 Å². The number of nitrogens with zero attached hydrogens (tertiary/aromatic N) is 4. The number of fused-ring (bicyclic) bond motifs is 1. The van der Waals surface area contributed by atoms with Crippen molar-refractivity contribution in [2.75, 3.05) is 18.5 Å². The van der Waals surface area contributed by atoms with Crippen LogP contribution in [0.2, 0.25) is 0 Å². The van der Waals surface area contributed by atoms with Crippen molar-refractivity contribution in [3.05, 3.63) is 66.2 Å². The third-order valence-corrected chi connectivity index (χ3v) is 5.20. The smallest absolute Gasteiger partial charge is 0.185 e. The molecule has 0 aliphatic carbocycles. The maximum absolute atomic E-state index is 6.16. The highest BCUT2D eigenvalue weighted by Crippen LogP contribution is 2.27. The molecule has 30 heavy (non-hydrogen) atoms. The van der Waals surface area contributed by atoms with Gasteiger partial charge in [0.2, 0.25) is 0 Å². The lowest BCUT2D eigenvalue weighted by Crippen LogP contribution is -2.26. The number of aromatic nitrogens is 4. The SMILES string of the molecule is Cc1cc(Nc2ccc3nnc(-c4ccccc4)n3n2)ccc1OC1CCOCC1. The van der Waals surface area contributed by atoms with Crippen LogP contribution in [-0.2, 0) is 4.74 Å². The van der Waals surface area contributed by atoms with Gasteiger partial charge in [-0.2, -0.15) is 4.52 Å². The second-order valence-corrected chi connectivity index (χ2v) is 7.41. The normalized spacial score (nSPS) is 14.7. The molecule has 2 aromatic heterocycles. The Hall–Kier alpha value is -3.45. The molecule has 3 heterocycles. The molecule has 0 radical (unpaired) electrons. The molecule has 1 fully saturated rings. The van der Waals surface area contributed by atoms with Gasteiger partial charge in [-0.05, 0) is 42.8 Å². The minimum atomic E-state index is 0.227. The number of benzene rings is 2. The molecule has 1 N–H and O–H groups in total. The van der Waals surface area contributed by atoms with Gasteiger partial charge < -0.3 is 14.8 Å². The predicted molar refractivity (Wildman–Crippen MR) is 115 cm³/mol. The molecule has 5 rings (SSSR count). The molecule has 0 bridgehead atoms. The second kappa shape index (κ2) is 8.12. The predicted octanol–water partition coefficient (Wildman–Crippen LogP) is 4.40. The van der Waals surface area contributed by atoms with Crippen molar-refractivity contribution in [3.8, 4) is 17.1 Å². The minimum absolute atomic E-state index is 0.227. The number of nitrogens with one attached hydrogen (secondary N) is 1. The van der Waals surface area contributed by atoms with E-state index < -0.39 is 0 Å². The van der Waals surface area contributed by atoms with Crippen LogP contribution >= 0.6 is 0 Å². The quantitative estimate of drug-likeness (QED) is 0.534. The van der Waals surface area contributed by atoms with Crippen molar-refractivity contribution in [3.63, 3.8) is 0 Å². The summed E-state index contributed by atoms with van der Waals surface area (Å²) in [6, 6.07) is 19.8. The fourth-order valence-electron chi connectivity index (χ4n) is 3.60. The first-order valence-electron chi connectivity index (χ1n) is 10.2. The van der Waals surface area contributed by atoms with Crippen molar-refractivity contribution in [2.45, 2.75) is 25.9 Å². The van der Waals surface area contributed by atoms with Crippen LogP contribution in [0.4, 0.5) is 11.5 Å². The molecule has 0 amide bonds. The summed E-state index contributed by atoms with van der Waals surface area (Å²) >= 11 is 0. The molecule has 1 aliphatic heterocycles. The average Bonchev–Trinajstić information content (AvgIpc) is 3.20. The van der Waals surface area contributed by atoms with Crippen LogP contribution in [-0.4, -0.2) is 39.1 Å². The maximum Gasteiger partial charge on any atom is 0.185 e. The summed E-state index contributed by atoms with van der Waals surface area (Å²) in [5.41, 5.74) is 3.71. The van der Waals surface area contributed by atoms with Crippen LogP contribution in [0.1, 0.15) is 18.4 Å². The van der Waals surface area contributed by atoms with Gasteiger partial charge in [0.05, 0.1) is 13.2 Å². The lowest BCUT2D eigenvalue weighted by molar-refractivity contribution is 0.0253. The van der Waals surface area contributed by atoms with E-state index in [1.54, 1.807) is 4.52 Å². The van der Waals surface area contributed by atoms with Gasteiger partial charge in [-0.1, -0.05) is 30.3 Å². The first-order chi connectivity index (χ1) is 14.8. The summed E-state index contributed by atoms with van der Waals surface area (Å²) in [6.45, 7) is 3.60.